The maximum absolute atomic E-state index is 2.49. The zero-order chi connectivity index (χ0) is 13.6. The Kier molecular flexibility index (Phi) is 3.39. The van der Waals surface area contributed by atoms with Crippen LogP contribution in [-0.2, 0) is 0 Å². The van der Waals surface area contributed by atoms with E-state index in [0.29, 0.717) is 5.41 Å². The third-order valence-corrected chi connectivity index (χ3v) is 6.00. The lowest BCUT2D eigenvalue weighted by Gasteiger charge is -2.43. The molecule has 0 saturated heterocycles. The molecular formula is C19H30. The van der Waals surface area contributed by atoms with Gasteiger partial charge in [0.2, 0.25) is 0 Å². The molecule has 0 spiro atoms. The molecule has 0 bridgehead atoms. The van der Waals surface area contributed by atoms with E-state index >= 15 is 0 Å². The minimum absolute atomic E-state index is 0.494. The highest BCUT2D eigenvalue weighted by Gasteiger charge is 2.39. The van der Waals surface area contributed by atoms with E-state index in [2.05, 4.69) is 39.8 Å². The van der Waals surface area contributed by atoms with Crippen LogP contribution in [0.15, 0.2) is 23.3 Å². The molecule has 0 amide bonds. The van der Waals surface area contributed by atoms with Gasteiger partial charge in [0.1, 0.15) is 0 Å². The molecule has 0 aromatic heterocycles. The van der Waals surface area contributed by atoms with Gasteiger partial charge in [0.25, 0.3) is 0 Å². The van der Waals surface area contributed by atoms with E-state index in [-0.39, 0.29) is 0 Å². The summed E-state index contributed by atoms with van der Waals surface area (Å²) in [5.74, 6) is 3.72. The molecule has 106 valence electrons. The van der Waals surface area contributed by atoms with Gasteiger partial charge in [0.05, 0.1) is 0 Å². The van der Waals surface area contributed by atoms with Gasteiger partial charge in [-0.3, -0.25) is 0 Å². The molecule has 3 aliphatic rings. The molecule has 3 rings (SSSR count). The Bertz CT molecular complexity index is 404. The molecule has 0 N–H and O–H groups in total. The number of hydrogen-bond donors (Lipinski definition) is 0. The van der Waals surface area contributed by atoms with Crippen LogP contribution in [0.2, 0.25) is 0 Å². The molecule has 4 atom stereocenters. The van der Waals surface area contributed by atoms with Gasteiger partial charge < -0.3 is 0 Å². The minimum Gasteiger partial charge on any atom is -0.0802 e. The van der Waals surface area contributed by atoms with Crippen molar-refractivity contribution in [3.05, 3.63) is 23.3 Å². The third kappa shape index (κ3) is 2.56. The number of hydrogen-bond acceptors (Lipinski definition) is 0. The van der Waals surface area contributed by atoms with Crippen molar-refractivity contribution in [2.75, 3.05) is 0 Å². The number of allylic oxidation sites excluding steroid dienone is 4. The Labute approximate surface area is 119 Å². The molecule has 0 aliphatic heterocycles. The van der Waals surface area contributed by atoms with E-state index in [9.17, 15) is 0 Å². The lowest BCUT2D eigenvalue weighted by atomic mass is 9.63. The van der Waals surface area contributed by atoms with Crippen molar-refractivity contribution in [2.45, 2.75) is 66.2 Å². The van der Waals surface area contributed by atoms with E-state index in [4.69, 9.17) is 0 Å². The molecule has 1 fully saturated rings. The van der Waals surface area contributed by atoms with Crippen LogP contribution in [0.1, 0.15) is 66.2 Å². The monoisotopic (exact) mass is 258 g/mol. The summed E-state index contributed by atoms with van der Waals surface area (Å²) in [7, 11) is 0. The number of rotatable bonds is 1. The van der Waals surface area contributed by atoms with E-state index < -0.39 is 0 Å². The maximum atomic E-state index is 2.49. The lowest BCUT2D eigenvalue weighted by molar-refractivity contribution is 0.0884. The average Bonchev–Trinajstić information content (AvgIpc) is 2.87. The van der Waals surface area contributed by atoms with Gasteiger partial charge in [0.15, 0.2) is 0 Å². The van der Waals surface area contributed by atoms with Gasteiger partial charge >= 0.3 is 0 Å². The molecule has 4 unspecified atom stereocenters. The van der Waals surface area contributed by atoms with Crippen molar-refractivity contribution in [2.24, 2.45) is 29.1 Å². The second kappa shape index (κ2) is 4.79. The molecule has 0 heteroatoms. The summed E-state index contributed by atoms with van der Waals surface area (Å²) in [6.45, 7) is 9.82. The van der Waals surface area contributed by atoms with Crippen LogP contribution < -0.4 is 0 Å². The summed E-state index contributed by atoms with van der Waals surface area (Å²) in [5.41, 5.74) is 4.02. The smallest absolute Gasteiger partial charge is 0.0130 e. The van der Waals surface area contributed by atoms with E-state index in [0.717, 1.165) is 23.7 Å². The van der Waals surface area contributed by atoms with Crippen LogP contribution in [-0.4, -0.2) is 0 Å². The Morgan fingerprint density at radius 1 is 1.11 bits per heavy atom. The van der Waals surface area contributed by atoms with Crippen molar-refractivity contribution in [3.63, 3.8) is 0 Å². The molecule has 0 aromatic carbocycles. The first-order valence-electron chi connectivity index (χ1n) is 8.33. The second-order valence-corrected chi connectivity index (χ2v) is 8.45. The molecule has 0 nitrogen and oxygen atoms in total. The highest BCUT2D eigenvalue weighted by molar-refractivity contribution is 5.39. The summed E-state index contributed by atoms with van der Waals surface area (Å²) in [6, 6.07) is 0. The summed E-state index contributed by atoms with van der Waals surface area (Å²) in [6.07, 6.45) is 13.3. The minimum atomic E-state index is 0.494. The van der Waals surface area contributed by atoms with Crippen molar-refractivity contribution in [3.8, 4) is 0 Å². The Balaban J connectivity index is 1.76. The Morgan fingerprint density at radius 3 is 2.63 bits per heavy atom. The van der Waals surface area contributed by atoms with Crippen LogP contribution in [0.25, 0.3) is 0 Å². The van der Waals surface area contributed by atoms with Crippen molar-refractivity contribution < 1.29 is 0 Å². The predicted molar refractivity (Wildman–Crippen MR) is 83.0 cm³/mol. The average molecular weight is 258 g/mol. The van der Waals surface area contributed by atoms with Crippen molar-refractivity contribution in [1.29, 1.82) is 0 Å². The second-order valence-electron chi connectivity index (χ2n) is 8.45. The van der Waals surface area contributed by atoms with Gasteiger partial charge in [-0.2, -0.15) is 0 Å². The summed E-state index contributed by atoms with van der Waals surface area (Å²) >= 11 is 0. The Hall–Kier alpha value is -0.520. The quantitative estimate of drug-likeness (QED) is 0.561. The first-order valence-corrected chi connectivity index (χ1v) is 8.33. The van der Waals surface area contributed by atoms with Gasteiger partial charge in [-0.25, -0.2) is 0 Å². The van der Waals surface area contributed by atoms with Gasteiger partial charge in [-0.1, -0.05) is 45.4 Å². The lowest BCUT2D eigenvalue weighted by Crippen LogP contribution is -2.33. The molecule has 3 aliphatic carbocycles. The van der Waals surface area contributed by atoms with Crippen molar-refractivity contribution in [1.82, 2.24) is 0 Å². The molecule has 0 aromatic rings. The van der Waals surface area contributed by atoms with Crippen LogP contribution in [0.4, 0.5) is 0 Å². The van der Waals surface area contributed by atoms with E-state index in [1.54, 1.807) is 11.1 Å². The zero-order valence-electron chi connectivity index (χ0n) is 13.2. The fourth-order valence-corrected chi connectivity index (χ4v) is 4.86. The Morgan fingerprint density at radius 2 is 1.89 bits per heavy atom. The van der Waals surface area contributed by atoms with Gasteiger partial charge in [-0.05, 0) is 73.2 Å². The van der Waals surface area contributed by atoms with Crippen LogP contribution in [0, 0.1) is 29.1 Å². The zero-order valence-corrected chi connectivity index (χ0v) is 13.2. The van der Waals surface area contributed by atoms with Crippen LogP contribution in [0.3, 0.4) is 0 Å². The molecule has 19 heavy (non-hydrogen) atoms. The van der Waals surface area contributed by atoms with Crippen LogP contribution >= 0.6 is 0 Å². The summed E-state index contributed by atoms with van der Waals surface area (Å²) < 4.78 is 0. The van der Waals surface area contributed by atoms with Crippen molar-refractivity contribution >= 4 is 0 Å². The first kappa shape index (κ1) is 13.5. The highest BCUT2D eigenvalue weighted by atomic mass is 14.4. The van der Waals surface area contributed by atoms with E-state index in [1.165, 1.54) is 38.5 Å². The first-order chi connectivity index (χ1) is 8.95. The van der Waals surface area contributed by atoms with E-state index in [1.807, 2.05) is 0 Å². The fourth-order valence-electron chi connectivity index (χ4n) is 4.86. The largest absolute Gasteiger partial charge is 0.0802 e. The highest BCUT2D eigenvalue weighted by Crippen LogP contribution is 2.51. The van der Waals surface area contributed by atoms with Crippen LogP contribution in [0.5, 0.6) is 0 Å². The van der Waals surface area contributed by atoms with Gasteiger partial charge in [0, 0.05) is 0 Å². The molecular weight excluding hydrogens is 228 g/mol. The summed E-state index contributed by atoms with van der Waals surface area (Å²) in [5, 5.41) is 0. The topological polar surface area (TPSA) is 0 Å². The summed E-state index contributed by atoms with van der Waals surface area (Å²) in [4.78, 5) is 0. The standard InChI is InChI=1S/C19H30/c1-13-10-15(12-16(11-13)19(2,3)4)18-9-8-14-6-5-7-17(14)18/h5,7,13,15-16,18H,6,8-12H2,1-4H3. The predicted octanol–water partition coefficient (Wildman–Crippen LogP) is 5.75. The molecule has 1 saturated carbocycles. The van der Waals surface area contributed by atoms with Gasteiger partial charge in [-0.15, -0.1) is 0 Å². The maximum Gasteiger partial charge on any atom is -0.0130 e. The molecule has 0 radical (unpaired) electrons. The SMILES string of the molecule is CC1CC(C2CCC3=C2C=CC3)CC(C(C)(C)C)C1. The third-order valence-electron chi connectivity index (χ3n) is 6.00. The normalized spacial score (nSPS) is 38.9. The fraction of sp³-hybridized carbons (Fsp3) is 0.789. The molecule has 0 heterocycles.